The molecule has 0 aliphatic heterocycles. The number of guanidine groups is 1. The first-order valence-corrected chi connectivity index (χ1v) is 7.01. The Balaban J connectivity index is 2.23. The SMILES string of the molecule is CC(C)CCN=C(N)NCCNc1ccc([N+](=O)[O-])cc1. The van der Waals surface area contributed by atoms with Crippen molar-refractivity contribution in [2.75, 3.05) is 25.0 Å². The smallest absolute Gasteiger partial charge is 0.269 e. The highest BCUT2D eigenvalue weighted by atomic mass is 16.6. The van der Waals surface area contributed by atoms with Gasteiger partial charge in [0.15, 0.2) is 5.96 Å². The van der Waals surface area contributed by atoms with Gasteiger partial charge in [0.2, 0.25) is 0 Å². The van der Waals surface area contributed by atoms with E-state index in [1.807, 2.05) is 0 Å². The molecule has 0 saturated heterocycles. The Morgan fingerprint density at radius 2 is 2.00 bits per heavy atom. The summed E-state index contributed by atoms with van der Waals surface area (Å²) in [4.78, 5) is 14.3. The van der Waals surface area contributed by atoms with Gasteiger partial charge in [0, 0.05) is 37.5 Å². The number of hydrogen-bond donors (Lipinski definition) is 3. The van der Waals surface area contributed by atoms with E-state index in [2.05, 4.69) is 29.5 Å². The summed E-state index contributed by atoms with van der Waals surface area (Å²) in [5.41, 5.74) is 6.64. The van der Waals surface area contributed by atoms with Crippen LogP contribution >= 0.6 is 0 Å². The van der Waals surface area contributed by atoms with Crippen LogP contribution in [0.1, 0.15) is 20.3 Å². The molecule has 0 amide bonds. The maximum Gasteiger partial charge on any atom is 0.269 e. The molecule has 0 aliphatic rings. The van der Waals surface area contributed by atoms with Crippen LogP contribution in [0.5, 0.6) is 0 Å². The molecule has 7 heteroatoms. The van der Waals surface area contributed by atoms with Crippen LogP contribution in [0.15, 0.2) is 29.3 Å². The molecule has 0 atom stereocenters. The third-order valence-corrected chi connectivity index (χ3v) is 2.83. The standard InChI is InChI=1S/C14H23N5O2/c1-11(2)7-8-17-14(15)18-10-9-16-12-3-5-13(6-4-12)19(20)21/h3-6,11,16H,7-10H2,1-2H3,(H3,15,17,18). The first kappa shape index (κ1) is 16.7. The monoisotopic (exact) mass is 293 g/mol. The topological polar surface area (TPSA) is 106 Å². The zero-order valence-corrected chi connectivity index (χ0v) is 12.5. The van der Waals surface area contributed by atoms with Gasteiger partial charge in [0.05, 0.1) is 4.92 Å². The summed E-state index contributed by atoms with van der Waals surface area (Å²) in [5, 5.41) is 16.7. The van der Waals surface area contributed by atoms with Crippen molar-refractivity contribution < 1.29 is 4.92 Å². The fraction of sp³-hybridized carbons (Fsp3) is 0.500. The molecular weight excluding hydrogens is 270 g/mol. The van der Waals surface area contributed by atoms with E-state index in [1.54, 1.807) is 12.1 Å². The lowest BCUT2D eigenvalue weighted by molar-refractivity contribution is -0.384. The highest BCUT2D eigenvalue weighted by Crippen LogP contribution is 2.14. The van der Waals surface area contributed by atoms with Crippen molar-refractivity contribution in [3.63, 3.8) is 0 Å². The minimum absolute atomic E-state index is 0.0835. The van der Waals surface area contributed by atoms with E-state index in [4.69, 9.17) is 5.73 Å². The number of hydrogen-bond acceptors (Lipinski definition) is 4. The lowest BCUT2D eigenvalue weighted by Gasteiger charge is -2.08. The number of nitro benzene ring substituents is 1. The number of nitrogens with two attached hydrogens (primary N) is 1. The molecule has 4 N–H and O–H groups in total. The van der Waals surface area contributed by atoms with Gasteiger partial charge in [-0.2, -0.15) is 0 Å². The Labute approximate surface area is 124 Å². The van der Waals surface area contributed by atoms with Crippen molar-refractivity contribution in [2.24, 2.45) is 16.6 Å². The minimum atomic E-state index is -0.417. The Morgan fingerprint density at radius 3 is 2.57 bits per heavy atom. The highest BCUT2D eigenvalue weighted by Gasteiger charge is 2.03. The van der Waals surface area contributed by atoms with Gasteiger partial charge in [-0.3, -0.25) is 15.1 Å². The van der Waals surface area contributed by atoms with Gasteiger partial charge >= 0.3 is 0 Å². The Hall–Kier alpha value is -2.31. The van der Waals surface area contributed by atoms with Gasteiger partial charge < -0.3 is 16.4 Å². The molecule has 1 aromatic carbocycles. The quantitative estimate of drug-likeness (QED) is 0.223. The average molecular weight is 293 g/mol. The number of nitro groups is 1. The van der Waals surface area contributed by atoms with Crippen molar-refractivity contribution in [1.29, 1.82) is 0 Å². The van der Waals surface area contributed by atoms with E-state index in [1.165, 1.54) is 12.1 Å². The number of nitrogens with zero attached hydrogens (tertiary/aromatic N) is 2. The fourth-order valence-corrected chi connectivity index (χ4v) is 1.60. The second kappa shape index (κ2) is 8.78. The molecular formula is C14H23N5O2. The largest absolute Gasteiger partial charge is 0.383 e. The fourth-order valence-electron chi connectivity index (χ4n) is 1.60. The van der Waals surface area contributed by atoms with Crippen LogP contribution in [0.4, 0.5) is 11.4 Å². The van der Waals surface area contributed by atoms with Gasteiger partial charge in [0.1, 0.15) is 0 Å². The van der Waals surface area contributed by atoms with Gasteiger partial charge in [-0.1, -0.05) is 13.8 Å². The summed E-state index contributed by atoms with van der Waals surface area (Å²) >= 11 is 0. The van der Waals surface area contributed by atoms with Crippen LogP contribution in [0.3, 0.4) is 0 Å². The highest BCUT2D eigenvalue weighted by molar-refractivity contribution is 5.77. The summed E-state index contributed by atoms with van der Waals surface area (Å²) in [6.07, 6.45) is 1.02. The van der Waals surface area contributed by atoms with Crippen molar-refractivity contribution in [3.05, 3.63) is 34.4 Å². The summed E-state index contributed by atoms with van der Waals surface area (Å²) in [5.74, 6) is 1.06. The number of rotatable bonds is 8. The number of non-ortho nitro benzene ring substituents is 1. The van der Waals surface area contributed by atoms with Crippen LogP contribution < -0.4 is 16.4 Å². The Bertz CT molecular complexity index is 471. The van der Waals surface area contributed by atoms with E-state index in [9.17, 15) is 10.1 Å². The van der Waals surface area contributed by atoms with Crippen LogP contribution in [-0.4, -0.2) is 30.5 Å². The zero-order chi connectivity index (χ0) is 15.7. The minimum Gasteiger partial charge on any atom is -0.383 e. The van der Waals surface area contributed by atoms with Gasteiger partial charge in [0.25, 0.3) is 5.69 Å². The van der Waals surface area contributed by atoms with E-state index in [0.29, 0.717) is 25.0 Å². The molecule has 0 aliphatic carbocycles. The number of anilines is 1. The third kappa shape index (κ3) is 7.14. The molecule has 0 heterocycles. The van der Waals surface area contributed by atoms with Crippen molar-refractivity contribution >= 4 is 17.3 Å². The predicted molar refractivity (Wildman–Crippen MR) is 85.5 cm³/mol. The third-order valence-electron chi connectivity index (χ3n) is 2.83. The molecule has 1 rings (SSSR count). The molecule has 0 spiro atoms. The van der Waals surface area contributed by atoms with Crippen LogP contribution in [-0.2, 0) is 0 Å². The first-order chi connectivity index (χ1) is 9.99. The lowest BCUT2D eigenvalue weighted by atomic mass is 10.1. The molecule has 7 nitrogen and oxygen atoms in total. The summed E-state index contributed by atoms with van der Waals surface area (Å²) < 4.78 is 0. The summed E-state index contributed by atoms with van der Waals surface area (Å²) in [7, 11) is 0. The van der Waals surface area contributed by atoms with Crippen molar-refractivity contribution in [2.45, 2.75) is 20.3 Å². The number of nitrogens with one attached hydrogen (secondary N) is 2. The summed E-state index contributed by atoms with van der Waals surface area (Å²) in [6.45, 7) is 6.30. The number of aliphatic imine (C=N–C) groups is 1. The van der Waals surface area contributed by atoms with Crippen LogP contribution in [0, 0.1) is 16.0 Å². The van der Waals surface area contributed by atoms with E-state index >= 15 is 0 Å². The maximum atomic E-state index is 10.5. The van der Waals surface area contributed by atoms with Crippen molar-refractivity contribution in [3.8, 4) is 0 Å². The van der Waals surface area contributed by atoms with Gasteiger partial charge in [-0.15, -0.1) is 0 Å². The molecule has 0 radical (unpaired) electrons. The van der Waals surface area contributed by atoms with E-state index < -0.39 is 4.92 Å². The molecule has 1 aromatic rings. The van der Waals surface area contributed by atoms with Gasteiger partial charge in [-0.05, 0) is 24.5 Å². The van der Waals surface area contributed by atoms with Crippen molar-refractivity contribution in [1.82, 2.24) is 5.32 Å². The van der Waals surface area contributed by atoms with Gasteiger partial charge in [-0.25, -0.2) is 0 Å². The van der Waals surface area contributed by atoms with Crippen LogP contribution in [0.25, 0.3) is 0 Å². The Morgan fingerprint density at radius 1 is 1.33 bits per heavy atom. The molecule has 21 heavy (non-hydrogen) atoms. The molecule has 116 valence electrons. The lowest BCUT2D eigenvalue weighted by Crippen LogP contribution is -2.35. The number of benzene rings is 1. The second-order valence-electron chi connectivity index (χ2n) is 5.11. The molecule has 0 fully saturated rings. The van der Waals surface area contributed by atoms with Crippen LogP contribution in [0.2, 0.25) is 0 Å². The first-order valence-electron chi connectivity index (χ1n) is 7.01. The molecule has 0 aromatic heterocycles. The van der Waals surface area contributed by atoms with E-state index in [-0.39, 0.29) is 5.69 Å². The predicted octanol–water partition coefficient (Wildman–Crippen LogP) is 1.96. The summed E-state index contributed by atoms with van der Waals surface area (Å²) in [6, 6.07) is 6.30. The molecule has 0 unspecified atom stereocenters. The molecule has 0 bridgehead atoms. The Kier molecular flexibility index (Phi) is 7.00. The maximum absolute atomic E-state index is 10.5. The van der Waals surface area contributed by atoms with E-state index in [0.717, 1.165) is 18.7 Å². The second-order valence-corrected chi connectivity index (χ2v) is 5.11. The zero-order valence-electron chi connectivity index (χ0n) is 12.5. The average Bonchev–Trinajstić information content (AvgIpc) is 2.43. The normalized spacial score (nSPS) is 11.5. The molecule has 0 saturated carbocycles.